The van der Waals surface area contributed by atoms with Crippen LogP contribution in [0.2, 0.25) is 0 Å². The van der Waals surface area contributed by atoms with Gasteiger partial charge in [0.1, 0.15) is 0 Å². The molecule has 1 fully saturated rings. The number of amides is 1. The van der Waals surface area contributed by atoms with Crippen molar-refractivity contribution < 1.29 is 4.79 Å². The van der Waals surface area contributed by atoms with Crippen LogP contribution in [0.25, 0.3) is 0 Å². The predicted molar refractivity (Wildman–Crippen MR) is 80.5 cm³/mol. The second kappa shape index (κ2) is 8.18. The van der Waals surface area contributed by atoms with Crippen LogP contribution in [0.15, 0.2) is 30.3 Å². The Labute approximate surface area is 121 Å². The molecule has 1 aliphatic carbocycles. The normalized spacial score (nSPS) is 16.7. The lowest BCUT2D eigenvalue weighted by Crippen LogP contribution is -2.37. The second-order valence-corrected chi connectivity index (χ2v) is 5.03. The van der Waals surface area contributed by atoms with Crippen LogP contribution in [-0.2, 0) is 4.79 Å². The summed E-state index contributed by atoms with van der Waals surface area (Å²) in [5.74, 6) is 0.673. The zero-order chi connectivity index (χ0) is 12.8. The molecule has 1 aromatic carbocycles. The van der Waals surface area contributed by atoms with E-state index in [1.807, 2.05) is 18.2 Å². The molecule has 0 bridgehead atoms. The predicted octanol–water partition coefficient (Wildman–Crippen LogP) is 2.68. The minimum absolute atomic E-state index is 0. The number of carbonyl (C=O) groups is 1. The van der Waals surface area contributed by atoms with Crippen molar-refractivity contribution in [1.29, 1.82) is 0 Å². The van der Waals surface area contributed by atoms with Gasteiger partial charge >= 0.3 is 0 Å². The Bertz CT molecular complexity index is 377. The standard InChI is InChI=1S/C15H22N2O.ClH/c1-16-11-14(18)17-15(13-9-5-6-10-13)12-7-3-2-4-8-12;/h2-4,7-8,13,15-16H,5-6,9-11H2,1H3,(H,17,18);1H. The lowest BCUT2D eigenvalue weighted by Gasteiger charge is -2.25. The van der Waals surface area contributed by atoms with E-state index in [4.69, 9.17) is 0 Å². The van der Waals surface area contributed by atoms with Crippen LogP contribution in [0.3, 0.4) is 0 Å². The lowest BCUT2D eigenvalue weighted by molar-refractivity contribution is -0.121. The summed E-state index contributed by atoms with van der Waals surface area (Å²) in [6, 6.07) is 10.5. The van der Waals surface area contributed by atoms with Crippen molar-refractivity contribution in [3.05, 3.63) is 35.9 Å². The maximum Gasteiger partial charge on any atom is 0.234 e. The summed E-state index contributed by atoms with van der Waals surface area (Å²) in [4.78, 5) is 11.8. The van der Waals surface area contributed by atoms with Gasteiger partial charge in [0, 0.05) is 0 Å². The Morgan fingerprint density at radius 2 is 1.89 bits per heavy atom. The molecule has 106 valence electrons. The van der Waals surface area contributed by atoms with Crippen molar-refractivity contribution in [2.75, 3.05) is 13.6 Å². The Balaban J connectivity index is 0.00000180. The summed E-state index contributed by atoms with van der Waals surface area (Å²) in [6.07, 6.45) is 5.02. The zero-order valence-electron chi connectivity index (χ0n) is 11.4. The molecule has 1 unspecified atom stereocenters. The Kier molecular flexibility index (Phi) is 6.89. The highest BCUT2D eigenvalue weighted by Crippen LogP contribution is 2.35. The molecule has 2 N–H and O–H groups in total. The first kappa shape index (κ1) is 16.0. The number of likely N-dealkylation sites (N-methyl/N-ethyl adjacent to an activating group) is 1. The summed E-state index contributed by atoms with van der Waals surface area (Å²) in [5, 5.41) is 6.08. The molecule has 1 saturated carbocycles. The number of halogens is 1. The van der Waals surface area contributed by atoms with Crippen LogP contribution < -0.4 is 10.6 Å². The summed E-state index contributed by atoms with van der Waals surface area (Å²) >= 11 is 0. The third-order valence-electron chi connectivity index (χ3n) is 3.68. The van der Waals surface area contributed by atoms with Gasteiger partial charge in [-0.1, -0.05) is 43.2 Å². The van der Waals surface area contributed by atoms with Gasteiger partial charge in [-0.3, -0.25) is 4.79 Å². The molecule has 1 aromatic rings. The number of rotatable bonds is 5. The fourth-order valence-corrected chi connectivity index (χ4v) is 2.81. The first-order chi connectivity index (χ1) is 8.81. The SMILES string of the molecule is CNCC(=O)NC(c1ccccc1)C1CCCC1.Cl. The molecule has 0 spiro atoms. The van der Waals surface area contributed by atoms with E-state index >= 15 is 0 Å². The van der Waals surface area contributed by atoms with E-state index in [9.17, 15) is 4.79 Å². The summed E-state index contributed by atoms with van der Waals surface area (Å²) in [5.41, 5.74) is 1.23. The number of hydrogen-bond donors (Lipinski definition) is 2. The van der Waals surface area contributed by atoms with Gasteiger partial charge in [0.25, 0.3) is 0 Å². The van der Waals surface area contributed by atoms with Crippen molar-refractivity contribution in [2.24, 2.45) is 5.92 Å². The van der Waals surface area contributed by atoms with Gasteiger partial charge in [0.05, 0.1) is 12.6 Å². The van der Waals surface area contributed by atoms with Crippen molar-refractivity contribution in [2.45, 2.75) is 31.7 Å². The van der Waals surface area contributed by atoms with E-state index in [0.717, 1.165) is 0 Å². The minimum atomic E-state index is 0. The Morgan fingerprint density at radius 1 is 1.26 bits per heavy atom. The highest BCUT2D eigenvalue weighted by atomic mass is 35.5. The molecule has 4 heteroatoms. The van der Waals surface area contributed by atoms with Crippen LogP contribution in [0.1, 0.15) is 37.3 Å². The number of carbonyl (C=O) groups excluding carboxylic acids is 1. The van der Waals surface area contributed by atoms with Gasteiger partial charge in [0.2, 0.25) is 5.91 Å². The van der Waals surface area contributed by atoms with Gasteiger partial charge in [0.15, 0.2) is 0 Å². The van der Waals surface area contributed by atoms with Crippen molar-refractivity contribution >= 4 is 18.3 Å². The van der Waals surface area contributed by atoms with Crippen LogP contribution in [0.5, 0.6) is 0 Å². The average Bonchev–Trinajstić information content (AvgIpc) is 2.91. The zero-order valence-corrected chi connectivity index (χ0v) is 12.2. The number of benzene rings is 1. The molecule has 0 aromatic heterocycles. The van der Waals surface area contributed by atoms with Gasteiger partial charge < -0.3 is 10.6 Å². The second-order valence-electron chi connectivity index (χ2n) is 5.03. The average molecular weight is 283 g/mol. The van der Waals surface area contributed by atoms with E-state index in [1.54, 1.807) is 7.05 Å². The summed E-state index contributed by atoms with van der Waals surface area (Å²) < 4.78 is 0. The van der Waals surface area contributed by atoms with Crippen LogP contribution >= 0.6 is 12.4 Å². The molecule has 0 aliphatic heterocycles. The number of nitrogens with one attached hydrogen (secondary N) is 2. The largest absolute Gasteiger partial charge is 0.348 e. The lowest BCUT2D eigenvalue weighted by atomic mass is 9.91. The van der Waals surface area contributed by atoms with E-state index in [-0.39, 0.29) is 24.4 Å². The molecular weight excluding hydrogens is 260 g/mol. The molecule has 19 heavy (non-hydrogen) atoms. The minimum Gasteiger partial charge on any atom is -0.348 e. The van der Waals surface area contributed by atoms with Gasteiger partial charge in [-0.2, -0.15) is 0 Å². The maximum atomic E-state index is 11.8. The van der Waals surface area contributed by atoms with E-state index in [2.05, 4.69) is 22.8 Å². The van der Waals surface area contributed by atoms with Crippen molar-refractivity contribution in [3.8, 4) is 0 Å². The first-order valence-corrected chi connectivity index (χ1v) is 6.80. The third-order valence-corrected chi connectivity index (χ3v) is 3.68. The molecule has 1 atom stereocenters. The molecule has 1 amide bonds. The highest BCUT2D eigenvalue weighted by molar-refractivity contribution is 5.85. The molecule has 1 aliphatic rings. The molecule has 0 radical (unpaired) electrons. The van der Waals surface area contributed by atoms with E-state index < -0.39 is 0 Å². The van der Waals surface area contributed by atoms with E-state index in [1.165, 1.54) is 31.2 Å². The first-order valence-electron chi connectivity index (χ1n) is 6.80. The van der Waals surface area contributed by atoms with E-state index in [0.29, 0.717) is 12.5 Å². The molecule has 0 heterocycles. The fourth-order valence-electron chi connectivity index (χ4n) is 2.81. The maximum absolute atomic E-state index is 11.8. The van der Waals surface area contributed by atoms with Gasteiger partial charge in [-0.25, -0.2) is 0 Å². The third kappa shape index (κ3) is 4.51. The molecule has 0 saturated heterocycles. The van der Waals surface area contributed by atoms with Crippen LogP contribution in [0, 0.1) is 5.92 Å². The highest BCUT2D eigenvalue weighted by Gasteiger charge is 2.27. The molecular formula is C15H23ClN2O. The summed E-state index contributed by atoms with van der Waals surface area (Å²) in [6.45, 7) is 0.385. The monoisotopic (exact) mass is 282 g/mol. The van der Waals surface area contributed by atoms with Gasteiger partial charge in [-0.05, 0) is 31.4 Å². The summed E-state index contributed by atoms with van der Waals surface area (Å²) in [7, 11) is 1.80. The quantitative estimate of drug-likeness (QED) is 0.872. The van der Waals surface area contributed by atoms with Crippen LogP contribution in [-0.4, -0.2) is 19.5 Å². The number of hydrogen-bond acceptors (Lipinski definition) is 2. The molecule has 3 nitrogen and oxygen atoms in total. The topological polar surface area (TPSA) is 41.1 Å². The fraction of sp³-hybridized carbons (Fsp3) is 0.533. The molecule has 2 rings (SSSR count). The van der Waals surface area contributed by atoms with Gasteiger partial charge in [-0.15, -0.1) is 12.4 Å². The smallest absolute Gasteiger partial charge is 0.234 e. The Morgan fingerprint density at radius 3 is 2.47 bits per heavy atom. The van der Waals surface area contributed by atoms with Crippen molar-refractivity contribution in [3.63, 3.8) is 0 Å². The Hall–Kier alpha value is -1.06. The van der Waals surface area contributed by atoms with Crippen molar-refractivity contribution in [1.82, 2.24) is 10.6 Å². The van der Waals surface area contributed by atoms with Crippen LogP contribution in [0.4, 0.5) is 0 Å².